The average Bonchev–Trinajstić information content (AvgIpc) is 2.59. The van der Waals surface area contributed by atoms with Gasteiger partial charge < -0.3 is 25.8 Å². The topological polar surface area (TPSA) is 111 Å². The predicted octanol–water partition coefficient (Wildman–Crippen LogP) is 2.43. The molecular weight excluding hydrogens is 322 g/mol. The number of nitrogen functional groups attached to an aromatic ring is 1. The third kappa shape index (κ3) is 4.80. The number of nitrogens with zero attached hydrogens (tertiary/aromatic N) is 2. The molecule has 0 radical (unpaired) electrons. The van der Waals surface area contributed by atoms with E-state index in [1.807, 2.05) is 13.0 Å². The molecule has 0 aliphatic carbocycles. The lowest BCUT2D eigenvalue weighted by atomic mass is 10.2. The van der Waals surface area contributed by atoms with Crippen LogP contribution in [0.2, 0.25) is 0 Å². The number of esters is 1. The number of hydrogen-bond acceptors (Lipinski definition) is 8. The second-order valence-electron chi connectivity index (χ2n) is 5.38. The lowest BCUT2D eigenvalue weighted by molar-refractivity contribution is 0.0527. The van der Waals surface area contributed by atoms with Gasteiger partial charge >= 0.3 is 5.97 Å². The summed E-state index contributed by atoms with van der Waals surface area (Å²) in [4.78, 5) is 20.4. The zero-order chi connectivity index (χ0) is 18.2. The lowest BCUT2D eigenvalue weighted by Gasteiger charge is -2.17. The van der Waals surface area contributed by atoms with Gasteiger partial charge in [0.2, 0.25) is 0 Å². The molecular formula is C17H23N5O3. The first-order valence-electron chi connectivity index (χ1n) is 7.95. The van der Waals surface area contributed by atoms with E-state index in [1.165, 1.54) is 6.33 Å². The van der Waals surface area contributed by atoms with E-state index < -0.39 is 5.97 Å². The van der Waals surface area contributed by atoms with Gasteiger partial charge in [-0.05, 0) is 26.0 Å². The fourth-order valence-electron chi connectivity index (χ4n) is 2.24. The molecule has 4 N–H and O–H groups in total. The number of carbonyl (C=O) groups excluding carboxylic acids is 1. The molecule has 1 aromatic carbocycles. The third-order valence-corrected chi connectivity index (χ3v) is 3.36. The molecule has 8 nitrogen and oxygen atoms in total. The smallest absolute Gasteiger partial charge is 0.340 e. The predicted molar refractivity (Wildman–Crippen MR) is 97.1 cm³/mol. The maximum absolute atomic E-state index is 12.1. The van der Waals surface area contributed by atoms with E-state index in [9.17, 15) is 4.79 Å². The molecule has 0 saturated heterocycles. The van der Waals surface area contributed by atoms with Crippen LogP contribution >= 0.6 is 0 Å². The third-order valence-electron chi connectivity index (χ3n) is 3.36. The normalized spacial score (nSPS) is 11.6. The van der Waals surface area contributed by atoms with E-state index in [2.05, 4.69) is 20.6 Å². The number of para-hydroxylation sites is 1. The lowest BCUT2D eigenvalue weighted by Crippen LogP contribution is -2.22. The molecule has 0 amide bonds. The van der Waals surface area contributed by atoms with Gasteiger partial charge in [0.05, 0.1) is 24.5 Å². The highest BCUT2D eigenvalue weighted by atomic mass is 16.5. The summed E-state index contributed by atoms with van der Waals surface area (Å²) in [6.07, 6.45) is 1.40. The standard InChI is InChI=1S/C17H23N5O3/c1-4-25-17(23)12-7-5-6-8-13(12)22-16-14(18)15(19-10-20-16)21-11(2)9-24-3/h5-8,10-11H,4,9,18H2,1-3H3,(H2,19,20,21,22). The summed E-state index contributed by atoms with van der Waals surface area (Å²) in [5, 5.41) is 6.24. The molecule has 0 spiro atoms. The number of nitrogens with one attached hydrogen (secondary N) is 2. The Balaban J connectivity index is 2.25. The van der Waals surface area contributed by atoms with Crippen LogP contribution in [0.25, 0.3) is 0 Å². The Hall–Kier alpha value is -2.87. The van der Waals surface area contributed by atoms with Gasteiger partial charge in [0.15, 0.2) is 11.6 Å². The van der Waals surface area contributed by atoms with Crippen molar-refractivity contribution in [2.24, 2.45) is 0 Å². The minimum absolute atomic E-state index is 0.0295. The number of anilines is 4. The van der Waals surface area contributed by atoms with Crippen LogP contribution in [-0.2, 0) is 9.47 Å². The second-order valence-corrected chi connectivity index (χ2v) is 5.38. The molecule has 1 heterocycles. The van der Waals surface area contributed by atoms with E-state index in [-0.39, 0.29) is 6.04 Å². The number of rotatable bonds is 8. The van der Waals surface area contributed by atoms with Crippen LogP contribution in [0.1, 0.15) is 24.2 Å². The first-order chi connectivity index (χ1) is 12.1. The Morgan fingerprint density at radius 1 is 1.28 bits per heavy atom. The summed E-state index contributed by atoms with van der Waals surface area (Å²) < 4.78 is 10.2. The van der Waals surface area contributed by atoms with Gasteiger partial charge in [0.25, 0.3) is 0 Å². The molecule has 0 bridgehead atoms. The second kappa shape index (κ2) is 8.84. The zero-order valence-corrected chi connectivity index (χ0v) is 14.6. The monoisotopic (exact) mass is 345 g/mol. The van der Waals surface area contributed by atoms with E-state index in [1.54, 1.807) is 32.2 Å². The summed E-state index contributed by atoms with van der Waals surface area (Å²) in [7, 11) is 1.63. The van der Waals surface area contributed by atoms with Crippen molar-refractivity contribution in [2.45, 2.75) is 19.9 Å². The quantitative estimate of drug-likeness (QED) is 0.626. The van der Waals surface area contributed by atoms with Gasteiger partial charge in [-0.15, -0.1) is 0 Å². The van der Waals surface area contributed by atoms with Gasteiger partial charge in [-0.3, -0.25) is 0 Å². The van der Waals surface area contributed by atoms with Gasteiger partial charge in [0.1, 0.15) is 12.0 Å². The number of benzene rings is 1. The van der Waals surface area contributed by atoms with Crippen molar-refractivity contribution in [1.82, 2.24) is 9.97 Å². The maximum Gasteiger partial charge on any atom is 0.340 e. The largest absolute Gasteiger partial charge is 0.462 e. The molecule has 2 rings (SSSR count). The Bertz CT molecular complexity index is 723. The molecule has 0 aliphatic heterocycles. The minimum atomic E-state index is -0.412. The van der Waals surface area contributed by atoms with E-state index in [0.29, 0.717) is 41.8 Å². The molecule has 0 aliphatic rings. The van der Waals surface area contributed by atoms with Gasteiger partial charge in [0, 0.05) is 13.2 Å². The van der Waals surface area contributed by atoms with Crippen LogP contribution in [0.4, 0.5) is 23.0 Å². The highest BCUT2D eigenvalue weighted by Gasteiger charge is 2.15. The van der Waals surface area contributed by atoms with Crippen molar-refractivity contribution in [3.8, 4) is 0 Å². The van der Waals surface area contributed by atoms with Crippen molar-refractivity contribution in [3.63, 3.8) is 0 Å². The molecule has 1 aromatic heterocycles. The number of carbonyl (C=O) groups is 1. The van der Waals surface area contributed by atoms with E-state index in [0.717, 1.165) is 0 Å². The summed E-state index contributed by atoms with van der Waals surface area (Å²) in [6.45, 7) is 4.52. The van der Waals surface area contributed by atoms with Crippen molar-refractivity contribution in [3.05, 3.63) is 36.2 Å². The summed E-state index contributed by atoms with van der Waals surface area (Å²) in [5.74, 6) is 0.486. The Morgan fingerprint density at radius 2 is 2.00 bits per heavy atom. The minimum Gasteiger partial charge on any atom is -0.462 e. The molecule has 2 aromatic rings. The highest BCUT2D eigenvalue weighted by molar-refractivity contribution is 5.97. The Labute approximate surface area is 146 Å². The highest BCUT2D eigenvalue weighted by Crippen LogP contribution is 2.28. The molecule has 1 atom stereocenters. The summed E-state index contributed by atoms with van der Waals surface area (Å²) in [6, 6.07) is 7.04. The molecule has 0 fully saturated rings. The fraction of sp³-hybridized carbons (Fsp3) is 0.353. The first kappa shape index (κ1) is 18.5. The number of nitrogens with two attached hydrogens (primary N) is 1. The van der Waals surface area contributed by atoms with Crippen LogP contribution in [-0.4, -0.2) is 42.3 Å². The SMILES string of the molecule is CCOC(=O)c1ccccc1Nc1ncnc(NC(C)COC)c1N. The molecule has 0 saturated carbocycles. The van der Waals surface area contributed by atoms with E-state index in [4.69, 9.17) is 15.2 Å². The first-order valence-corrected chi connectivity index (χ1v) is 7.95. The maximum atomic E-state index is 12.1. The van der Waals surface area contributed by atoms with Crippen molar-refractivity contribution in [2.75, 3.05) is 36.7 Å². The number of aromatic nitrogens is 2. The number of hydrogen-bond donors (Lipinski definition) is 3. The number of ether oxygens (including phenoxy) is 2. The Morgan fingerprint density at radius 3 is 2.72 bits per heavy atom. The molecule has 134 valence electrons. The van der Waals surface area contributed by atoms with Crippen LogP contribution < -0.4 is 16.4 Å². The Kier molecular flexibility index (Phi) is 6.53. The number of methoxy groups -OCH3 is 1. The van der Waals surface area contributed by atoms with Gasteiger partial charge in [-0.1, -0.05) is 12.1 Å². The average molecular weight is 345 g/mol. The van der Waals surface area contributed by atoms with Crippen LogP contribution in [0.5, 0.6) is 0 Å². The van der Waals surface area contributed by atoms with Crippen molar-refractivity contribution in [1.29, 1.82) is 0 Å². The molecule has 25 heavy (non-hydrogen) atoms. The van der Waals surface area contributed by atoms with Gasteiger partial charge in [-0.25, -0.2) is 14.8 Å². The molecule has 1 unspecified atom stereocenters. The summed E-state index contributed by atoms with van der Waals surface area (Å²) >= 11 is 0. The van der Waals surface area contributed by atoms with Crippen LogP contribution in [0.15, 0.2) is 30.6 Å². The van der Waals surface area contributed by atoms with Crippen LogP contribution in [0.3, 0.4) is 0 Å². The summed E-state index contributed by atoms with van der Waals surface area (Å²) in [5.41, 5.74) is 7.47. The van der Waals surface area contributed by atoms with Crippen molar-refractivity contribution < 1.29 is 14.3 Å². The van der Waals surface area contributed by atoms with Crippen molar-refractivity contribution >= 4 is 29.0 Å². The van der Waals surface area contributed by atoms with Crippen LogP contribution in [0, 0.1) is 0 Å². The van der Waals surface area contributed by atoms with E-state index >= 15 is 0 Å². The fourth-order valence-corrected chi connectivity index (χ4v) is 2.24. The van der Waals surface area contributed by atoms with Gasteiger partial charge in [-0.2, -0.15) is 0 Å². The zero-order valence-electron chi connectivity index (χ0n) is 14.6. The molecule has 8 heteroatoms.